The first kappa shape index (κ1) is 16.1. The molecule has 0 saturated heterocycles. The highest BCUT2D eigenvalue weighted by atomic mass is 16.5. The van der Waals surface area contributed by atoms with Gasteiger partial charge in [0, 0.05) is 23.8 Å². The number of methoxy groups -OCH3 is 1. The van der Waals surface area contributed by atoms with Crippen molar-refractivity contribution >= 4 is 17.1 Å². The SMILES string of the molecule is COC(=O)c1ccc(-c2nc(C3=C(O)CCC=C3)c3ccccn23)cc1. The first-order chi connectivity index (χ1) is 12.7. The van der Waals surface area contributed by atoms with Crippen molar-refractivity contribution in [3.8, 4) is 11.4 Å². The van der Waals surface area contributed by atoms with Gasteiger partial charge in [-0.2, -0.15) is 0 Å². The van der Waals surface area contributed by atoms with Crippen LogP contribution in [0.5, 0.6) is 0 Å². The van der Waals surface area contributed by atoms with Crippen LogP contribution in [0.4, 0.5) is 0 Å². The molecule has 3 aromatic rings. The molecular weight excluding hydrogens is 328 g/mol. The van der Waals surface area contributed by atoms with Crippen molar-refractivity contribution in [3.63, 3.8) is 0 Å². The maximum atomic E-state index is 11.6. The van der Waals surface area contributed by atoms with E-state index in [1.807, 2.05) is 53.1 Å². The van der Waals surface area contributed by atoms with Crippen molar-refractivity contribution in [2.75, 3.05) is 7.11 Å². The molecule has 4 rings (SSSR count). The number of carbonyl (C=O) groups excluding carboxylic acids is 1. The number of aliphatic hydroxyl groups excluding tert-OH is 1. The van der Waals surface area contributed by atoms with Gasteiger partial charge in [-0.25, -0.2) is 9.78 Å². The van der Waals surface area contributed by atoms with Gasteiger partial charge in [-0.3, -0.25) is 4.40 Å². The zero-order valence-corrected chi connectivity index (χ0v) is 14.3. The van der Waals surface area contributed by atoms with E-state index in [1.165, 1.54) is 7.11 Å². The van der Waals surface area contributed by atoms with E-state index < -0.39 is 0 Å². The number of aliphatic hydroxyl groups is 1. The molecule has 0 atom stereocenters. The molecule has 0 saturated carbocycles. The molecule has 0 bridgehead atoms. The van der Waals surface area contributed by atoms with E-state index in [0.717, 1.165) is 34.6 Å². The minimum Gasteiger partial charge on any atom is -0.512 e. The molecule has 0 unspecified atom stereocenters. The lowest BCUT2D eigenvalue weighted by molar-refractivity contribution is 0.0600. The largest absolute Gasteiger partial charge is 0.512 e. The molecule has 1 aliphatic rings. The van der Waals surface area contributed by atoms with Crippen LogP contribution in [0.2, 0.25) is 0 Å². The number of aromatic nitrogens is 2. The maximum Gasteiger partial charge on any atom is 0.337 e. The quantitative estimate of drug-likeness (QED) is 0.714. The Balaban J connectivity index is 1.87. The molecule has 26 heavy (non-hydrogen) atoms. The summed E-state index contributed by atoms with van der Waals surface area (Å²) in [6.07, 6.45) is 7.38. The molecule has 0 radical (unpaired) electrons. The summed E-state index contributed by atoms with van der Waals surface area (Å²) < 4.78 is 6.74. The molecule has 1 aromatic carbocycles. The van der Waals surface area contributed by atoms with E-state index in [0.29, 0.717) is 17.7 Å². The van der Waals surface area contributed by atoms with Gasteiger partial charge in [0.15, 0.2) is 0 Å². The molecule has 0 aliphatic heterocycles. The second kappa shape index (κ2) is 6.52. The van der Waals surface area contributed by atoms with Crippen LogP contribution in [0, 0.1) is 0 Å². The van der Waals surface area contributed by atoms with Crippen LogP contribution < -0.4 is 0 Å². The van der Waals surface area contributed by atoms with Crippen LogP contribution in [0.25, 0.3) is 22.5 Å². The van der Waals surface area contributed by atoms with E-state index in [9.17, 15) is 9.90 Å². The first-order valence-electron chi connectivity index (χ1n) is 8.44. The number of ether oxygens (including phenoxy) is 1. The normalized spacial score (nSPS) is 14.0. The Labute approximate surface area is 150 Å². The fourth-order valence-electron chi connectivity index (χ4n) is 3.18. The third-order valence-electron chi connectivity index (χ3n) is 4.51. The standard InChI is InChI=1S/C21H18N2O3/c1-26-21(25)15-11-9-14(10-12-15)20-22-19(16-6-2-3-8-18(16)24)17-7-4-5-13-23(17)20/h2,4-7,9-13,24H,3,8H2,1H3. The van der Waals surface area contributed by atoms with Crippen LogP contribution in [-0.2, 0) is 4.74 Å². The smallest absolute Gasteiger partial charge is 0.337 e. The molecule has 0 spiro atoms. The Bertz CT molecular complexity index is 1040. The summed E-state index contributed by atoms with van der Waals surface area (Å²) in [7, 11) is 1.36. The Morgan fingerprint density at radius 3 is 2.73 bits per heavy atom. The summed E-state index contributed by atoms with van der Waals surface area (Å²) in [4.78, 5) is 16.4. The number of imidazole rings is 1. The Morgan fingerprint density at radius 1 is 1.19 bits per heavy atom. The topological polar surface area (TPSA) is 63.8 Å². The molecule has 0 fully saturated rings. The number of benzene rings is 1. The van der Waals surface area contributed by atoms with Gasteiger partial charge in [0.2, 0.25) is 0 Å². The molecule has 1 N–H and O–H groups in total. The van der Waals surface area contributed by atoms with Crippen molar-refractivity contribution < 1.29 is 14.6 Å². The zero-order chi connectivity index (χ0) is 18.1. The molecule has 0 amide bonds. The minimum atomic E-state index is -0.368. The summed E-state index contributed by atoms with van der Waals surface area (Å²) in [5.74, 6) is 0.753. The summed E-state index contributed by atoms with van der Waals surface area (Å²) in [6.45, 7) is 0. The van der Waals surface area contributed by atoms with Crippen molar-refractivity contribution in [2.24, 2.45) is 0 Å². The summed E-state index contributed by atoms with van der Waals surface area (Å²) >= 11 is 0. The number of carbonyl (C=O) groups is 1. The monoisotopic (exact) mass is 346 g/mol. The van der Waals surface area contributed by atoms with Crippen LogP contribution >= 0.6 is 0 Å². The van der Waals surface area contributed by atoms with Crippen molar-refractivity contribution in [1.82, 2.24) is 9.38 Å². The van der Waals surface area contributed by atoms with Gasteiger partial charge in [-0.15, -0.1) is 0 Å². The van der Waals surface area contributed by atoms with Gasteiger partial charge in [0.1, 0.15) is 17.3 Å². The number of fused-ring (bicyclic) bond motifs is 1. The van der Waals surface area contributed by atoms with Crippen LogP contribution in [0.3, 0.4) is 0 Å². The van der Waals surface area contributed by atoms with E-state index in [-0.39, 0.29) is 5.97 Å². The minimum absolute atomic E-state index is 0.365. The second-order valence-corrected chi connectivity index (χ2v) is 6.11. The molecule has 5 nitrogen and oxygen atoms in total. The number of pyridine rings is 1. The molecule has 1 aliphatic carbocycles. The van der Waals surface area contributed by atoms with Gasteiger partial charge in [-0.05, 0) is 30.7 Å². The van der Waals surface area contributed by atoms with Crippen molar-refractivity contribution in [3.05, 3.63) is 77.8 Å². The van der Waals surface area contributed by atoms with Crippen LogP contribution in [0.15, 0.2) is 66.6 Å². The van der Waals surface area contributed by atoms with E-state index in [1.54, 1.807) is 12.1 Å². The molecule has 2 aromatic heterocycles. The second-order valence-electron chi connectivity index (χ2n) is 6.11. The Hall–Kier alpha value is -3.34. The zero-order valence-electron chi connectivity index (χ0n) is 14.3. The summed E-state index contributed by atoms with van der Waals surface area (Å²) in [6, 6.07) is 13.0. The van der Waals surface area contributed by atoms with E-state index in [4.69, 9.17) is 9.72 Å². The highest BCUT2D eigenvalue weighted by Crippen LogP contribution is 2.31. The third-order valence-corrected chi connectivity index (χ3v) is 4.51. The highest BCUT2D eigenvalue weighted by molar-refractivity contribution is 5.90. The summed E-state index contributed by atoms with van der Waals surface area (Å²) in [5, 5.41) is 10.3. The number of allylic oxidation sites excluding steroid dienone is 4. The number of rotatable bonds is 3. The lowest BCUT2D eigenvalue weighted by atomic mass is 10.0. The van der Waals surface area contributed by atoms with Gasteiger partial charge < -0.3 is 9.84 Å². The lowest BCUT2D eigenvalue weighted by Gasteiger charge is -2.09. The van der Waals surface area contributed by atoms with Crippen LogP contribution in [-0.4, -0.2) is 27.6 Å². The lowest BCUT2D eigenvalue weighted by Crippen LogP contribution is -2.00. The summed E-state index contributed by atoms with van der Waals surface area (Å²) in [5.41, 5.74) is 3.81. The average Bonchev–Trinajstić information content (AvgIpc) is 3.07. The fraction of sp³-hybridized carbons (Fsp3) is 0.143. The predicted octanol–water partition coefficient (Wildman–Crippen LogP) is 4.41. The Kier molecular flexibility index (Phi) is 4.05. The number of hydrogen-bond donors (Lipinski definition) is 1. The average molecular weight is 346 g/mol. The van der Waals surface area contributed by atoms with Gasteiger partial charge in [-0.1, -0.05) is 30.4 Å². The highest BCUT2D eigenvalue weighted by Gasteiger charge is 2.18. The van der Waals surface area contributed by atoms with Crippen molar-refractivity contribution in [1.29, 1.82) is 0 Å². The number of esters is 1. The van der Waals surface area contributed by atoms with Gasteiger partial charge in [0.05, 0.1) is 18.2 Å². The van der Waals surface area contributed by atoms with Crippen molar-refractivity contribution in [2.45, 2.75) is 12.8 Å². The Morgan fingerprint density at radius 2 is 2.00 bits per heavy atom. The van der Waals surface area contributed by atoms with Gasteiger partial charge >= 0.3 is 5.97 Å². The third kappa shape index (κ3) is 2.67. The molecule has 5 heteroatoms. The number of nitrogens with zero attached hydrogens (tertiary/aromatic N) is 2. The fourth-order valence-corrected chi connectivity index (χ4v) is 3.18. The van der Waals surface area contributed by atoms with Crippen LogP contribution in [0.1, 0.15) is 28.9 Å². The molecule has 2 heterocycles. The van der Waals surface area contributed by atoms with E-state index in [2.05, 4.69) is 0 Å². The molecule has 130 valence electrons. The van der Waals surface area contributed by atoms with E-state index >= 15 is 0 Å². The number of hydrogen-bond acceptors (Lipinski definition) is 4. The predicted molar refractivity (Wildman–Crippen MR) is 99.9 cm³/mol. The maximum absolute atomic E-state index is 11.6. The molecular formula is C21H18N2O3. The first-order valence-corrected chi connectivity index (χ1v) is 8.44. The van der Waals surface area contributed by atoms with Gasteiger partial charge in [0.25, 0.3) is 0 Å².